The van der Waals surface area contributed by atoms with Gasteiger partial charge in [-0.15, -0.1) is 0 Å². The average molecular weight is 797 g/mol. The highest BCUT2D eigenvalue weighted by Gasteiger charge is 2.51. The highest BCUT2D eigenvalue weighted by Crippen LogP contribution is 2.63. The van der Waals surface area contributed by atoms with E-state index in [1.165, 1.54) is 6.92 Å². The van der Waals surface area contributed by atoms with Crippen LogP contribution in [0, 0.1) is 17.8 Å². The van der Waals surface area contributed by atoms with Crippen molar-refractivity contribution in [1.29, 1.82) is 0 Å². The van der Waals surface area contributed by atoms with Crippen molar-refractivity contribution >= 4 is 17.9 Å². The van der Waals surface area contributed by atoms with Crippen LogP contribution in [0.2, 0.25) is 0 Å². The zero-order valence-corrected chi connectivity index (χ0v) is 34.3. The number of aryl methyl sites for hydroxylation is 1. The minimum absolute atomic E-state index is 0.00368. The minimum Gasteiger partial charge on any atom is -0.508 e. The van der Waals surface area contributed by atoms with Gasteiger partial charge in [-0.3, -0.25) is 4.79 Å². The Kier molecular flexibility index (Phi) is 9.97. The molecule has 0 radical (unpaired) electrons. The number of hydrogen-bond acceptors (Lipinski definition) is 11. The molecular weight excluding hydrogens is 745 g/mol. The summed E-state index contributed by atoms with van der Waals surface area (Å²) in [5, 5.41) is 29.3. The van der Waals surface area contributed by atoms with E-state index in [-0.39, 0.29) is 48.1 Å². The number of nitrogens with zero attached hydrogens (tertiary/aromatic N) is 1. The summed E-state index contributed by atoms with van der Waals surface area (Å²) < 4.78 is 26.0. The SMILES string of the molecule is CCc1cc2c(nc1N)C#CCc1cc(O)c3c(c1[C@H]1Oc4c(ccc5c4[C@]4(CC[C@@H](C2)C4)Cc2cc(O)cc(OC)c2-5)[C@@H]1COC(C)=O)C=C[C@H](NC)[C@H](CNC)O3. The highest BCUT2D eigenvalue weighted by molar-refractivity contribution is 5.84. The zero-order valence-electron chi connectivity index (χ0n) is 34.3. The molecule has 59 heavy (non-hydrogen) atoms. The van der Waals surface area contributed by atoms with Gasteiger partial charge in [0.05, 0.1) is 19.1 Å². The Labute approximate surface area is 345 Å². The average Bonchev–Trinajstić information content (AvgIpc) is 3.72. The predicted octanol–water partition coefficient (Wildman–Crippen LogP) is 6.42. The summed E-state index contributed by atoms with van der Waals surface area (Å²) in [6.07, 6.45) is 8.39. The van der Waals surface area contributed by atoms with Gasteiger partial charge in [-0.1, -0.05) is 37.1 Å². The molecule has 6 N–H and O–H groups in total. The molecule has 9 rings (SSSR count). The van der Waals surface area contributed by atoms with Crippen LogP contribution in [0.3, 0.4) is 0 Å². The molecule has 3 aromatic carbocycles. The molecule has 4 aromatic rings. The Morgan fingerprint density at radius 1 is 1.10 bits per heavy atom. The zero-order chi connectivity index (χ0) is 41.2. The number of anilines is 1. The van der Waals surface area contributed by atoms with E-state index in [0.717, 1.165) is 87.9 Å². The number of phenols is 2. The van der Waals surface area contributed by atoms with Crippen LogP contribution in [-0.2, 0) is 40.6 Å². The van der Waals surface area contributed by atoms with Crippen LogP contribution in [0.5, 0.6) is 28.7 Å². The largest absolute Gasteiger partial charge is 0.508 e. The second-order valence-electron chi connectivity index (χ2n) is 16.8. The first-order valence-corrected chi connectivity index (χ1v) is 20.8. The van der Waals surface area contributed by atoms with Gasteiger partial charge in [-0.2, -0.15) is 0 Å². The lowest BCUT2D eigenvalue weighted by molar-refractivity contribution is -0.141. The van der Waals surface area contributed by atoms with E-state index in [9.17, 15) is 15.0 Å². The monoisotopic (exact) mass is 796 g/mol. The summed E-state index contributed by atoms with van der Waals surface area (Å²) in [7, 11) is 5.40. The van der Waals surface area contributed by atoms with E-state index in [0.29, 0.717) is 47.5 Å². The second kappa shape index (κ2) is 15.2. The van der Waals surface area contributed by atoms with Gasteiger partial charge in [0, 0.05) is 59.2 Å². The summed E-state index contributed by atoms with van der Waals surface area (Å²) in [6.45, 7) is 4.13. The maximum absolute atomic E-state index is 12.6. The number of phenolic OH excluding ortho intramolecular Hbond substituents is 2. The van der Waals surface area contributed by atoms with Crippen LogP contribution >= 0.6 is 0 Å². The van der Waals surface area contributed by atoms with Crippen LogP contribution in [0.1, 0.15) is 95.3 Å². The number of methoxy groups -OCH3 is 1. The molecule has 5 aliphatic rings. The van der Waals surface area contributed by atoms with Crippen LogP contribution in [0.15, 0.2) is 42.5 Å². The number of likely N-dealkylation sites (N-methyl/N-ethyl adjacent to an activating group) is 2. The number of nitrogens with two attached hydrogens (primary N) is 1. The number of nitrogens with one attached hydrogen (secondary N) is 2. The second-order valence-corrected chi connectivity index (χ2v) is 16.8. The van der Waals surface area contributed by atoms with E-state index < -0.39 is 12.0 Å². The fourth-order valence-electron chi connectivity index (χ4n) is 10.7. The Bertz CT molecular complexity index is 2470. The van der Waals surface area contributed by atoms with Crippen LogP contribution in [0.25, 0.3) is 17.2 Å². The van der Waals surface area contributed by atoms with Crippen molar-refractivity contribution in [3.05, 3.63) is 92.7 Å². The number of esters is 1. The topological polar surface area (TPSA) is 157 Å². The molecule has 0 saturated heterocycles. The Hall–Kier alpha value is -5.70. The Morgan fingerprint density at radius 3 is 2.71 bits per heavy atom. The number of benzene rings is 3. The van der Waals surface area contributed by atoms with Crippen molar-refractivity contribution < 1.29 is 34.0 Å². The number of rotatable bonds is 7. The number of fused-ring (bicyclic) bond motifs is 9. The molecule has 1 saturated carbocycles. The first-order valence-electron chi connectivity index (χ1n) is 20.8. The summed E-state index contributed by atoms with van der Waals surface area (Å²) in [5.74, 6) is 8.79. The van der Waals surface area contributed by atoms with Gasteiger partial charge in [0.25, 0.3) is 0 Å². The number of carbonyl (C=O) groups excluding carboxylic acids is 1. The van der Waals surface area contributed by atoms with E-state index in [4.69, 9.17) is 29.7 Å². The van der Waals surface area contributed by atoms with Gasteiger partial charge < -0.3 is 45.5 Å². The molecule has 0 unspecified atom stereocenters. The van der Waals surface area contributed by atoms with Gasteiger partial charge in [0.15, 0.2) is 11.5 Å². The first kappa shape index (κ1) is 38.8. The number of hydrogen-bond donors (Lipinski definition) is 5. The quantitative estimate of drug-likeness (QED) is 0.104. The maximum Gasteiger partial charge on any atom is 0.302 e. The molecule has 6 atom stereocenters. The number of aromatic hydroxyl groups is 2. The summed E-state index contributed by atoms with van der Waals surface area (Å²) in [5.41, 5.74) is 16.3. The van der Waals surface area contributed by atoms with Crippen LogP contribution in [-0.4, -0.2) is 67.7 Å². The maximum atomic E-state index is 12.6. The number of carbonyl (C=O) groups is 1. The Balaban J connectivity index is 1.33. The molecule has 4 bridgehead atoms. The normalized spacial score (nSPS) is 24.3. The van der Waals surface area contributed by atoms with Crippen molar-refractivity contribution in [2.75, 3.05) is 40.1 Å². The van der Waals surface area contributed by atoms with Crippen molar-refractivity contribution in [1.82, 2.24) is 15.6 Å². The number of ether oxygens (including phenoxy) is 4. The van der Waals surface area contributed by atoms with Crippen LogP contribution < -0.4 is 30.6 Å². The molecule has 2 aliphatic carbocycles. The summed E-state index contributed by atoms with van der Waals surface area (Å²) >= 11 is 0. The van der Waals surface area contributed by atoms with Gasteiger partial charge in [-0.25, -0.2) is 4.98 Å². The molecule has 1 spiro atoms. The van der Waals surface area contributed by atoms with E-state index in [1.807, 2.05) is 26.2 Å². The van der Waals surface area contributed by atoms with Crippen molar-refractivity contribution in [2.45, 2.75) is 88.4 Å². The Morgan fingerprint density at radius 2 is 1.95 bits per heavy atom. The van der Waals surface area contributed by atoms with Gasteiger partial charge in [0.1, 0.15) is 47.6 Å². The van der Waals surface area contributed by atoms with Crippen molar-refractivity contribution in [3.8, 4) is 51.7 Å². The molecule has 1 aromatic heterocycles. The minimum atomic E-state index is -0.639. The van der Waals surface area contributed by atoms with Gasteiger partial charge >= 0.3 is 5.97 Å². The van der Waals surface area contributed by atoms with Crippen molar-refractivity contribution in [3.63, 3.8) is 0 Å². The summed E-state index contributed by atoms with van der Waals surface area (Å²) in [6, 6.07) is 11.6. The van der Waals surface area contributed by atoms with E-state index in [1.54, 1.807) is 19.2 Å². The van der Waals surface area contributed by atoms with E-state index >= 15 is 0 Å². The number of aromatic nitrogens is 1. The standard InChI is InChI=1S/C48H52N4O7/c1-6-27-17-29-16-26-14-15-48(21-26)22-30-18-31(54)20-39(56-5)41(30)33-11-10-32-35(24-57-25(2)53)45(59-46(32)43(33)48)42-28(8-7-9-36(29)52-47(27)49)19-38(55)44-34(42)12-13-37(51-4)40(58-44)23-50-3/h10-13,17-20,26,35,37,40,45,50-51,54-55H,6,8,14-16,21-24H2,1-5H3,(H2,49,52)/t26-,35-,37-,40-,45-,48-/m0/s1. The lowest BCUT2D eigenvalue weighted by Gasteiger charge is -2.39. The first-order chi connectivity index (χ1) is 28.6. The third-order valence-corrected chi connectivity index (χ3v) is 13.3. The molecule has 0 amide bonds. The number of pyridine rings is 1. The third-order valence-electron chi connectivity index (χ3n) is 13.3. The lowest BCUT2D eigenvalue weighted by Crippen LogP contribution is -2.44. The van der Waals surface area contributed by atoms with Gasteiger partial charge in [-0.05, 0) is 110 Å². The van der Waals surface area contributed by atoms with Gasteiger partial charge in [0.2, 0.25) is 0 Å². The van der Waals surface area contributed by atoms with Crippen molar-refractivity contribution in [2.24, 2.45) is 5.92 Å². The molecule has 3 aliphatic heterocycles. The molecule has 11 heteroatoms. The molecular formula is C48H52N4O7. The molecule has 4 heterocycles. The third kappa shape index (κ3) is 6.53. The molecule has 306 valence electrons. The molecule has 11 nitrogen and oxygen atoms in total. The smallest absolute Gasteiger partial charge is 0.302 e. The fourth-order valence-corrected chi connectivity index (χ4v) is 10.7. The van der Waals surface area contributed by atoms with E-state index in [2.05, 4.69) is 53.7 Å². The number of nitrogen functional groups attached to an aromatic ring is 1. The van der Waals surface area contributed by atoms with Crippen LogP contribution in [0.4, 0.5) is 5.82 Å². The molecule has 1 fully saturated rings. The fraction of sp³-hybridized carbons (Fsp3) is 0.417. The summed E-state index contributed by atoms with van der Waals surface area (Å²) in [4.78, 5) is 17.4. The lowest BCUT2D eigenvalue weighted by atomic mass is 9.65. The predicted molar refractivity (Wildman–Crippen MR) is 226 cm³/mol. The highest BCUT2D eigenvalue weighted by atomic mass is 16.5.